The van der Waals surface area contributed by atoms with Gasteiger partial charge in [0.1, 0.15) is 0 Å². The molecule has 124 valence electrons. The Morgan fingerprint density at radius 2 is 2.22 bits per heavy atom. The molecule has 7 heteroatoms. The van der Waals surface area contributed by atoms with Gasteiger partial charge in [-0.2, -0.15) is 5.10 Å². The number of thiazole rings is 1. The number of anilines is 1. The summed E-state index contributed by atoms with van der Waals surface area (Å²) in [5, 5.41) is 8.82. The smallest absolute Gasteiger partial charge is 0.225 e. The molecule has 2 fully saturated rings. The zero-order chi connectivity index (χ0) is 16.0. The standard InChI is InChI=1S/C16H23N5OS/c1-10-13-14(20(2)19-10)18-16(23-13)17-8-11-4-3-7-21(9-11)15(22)12-5-6-12/h11-12H,3-9H2,1-2H3,(H,17,18)/t11-/m0/s1. The molecule has 1 aliphatic heterocycles. The van der Waals surface area contributed by atoms with E-state index in [1.165, 1.54) is 6.42 Å². The van der Waals surface area contributed by atoms with Gasteiger partial charge >= 0.3 is 0 Å². The third-order valence-corrected chi connectivity index (χ3v) is 5.95. The number of aromatic nitrogens is 3. The average molecular weight is 333 g/mol. The third kappa shape index (κ3) is 2.94. The Morgan fingerprint density at radius 3 is 2.96 bits per heavy atom. The number of amides is 1. The van der Waals surface area contributed by atoms with Gasteiger partial charge in [-0.3, -0.25) is 4.79 Å². The van der Waals surface area contributed by atoms with Gasteiger partial charge in [-0.05, 0) is 38.5 Å². The molecule has 0 unspecified atom stereocenters. The lowest BCUT2D eigenvalue weighted by atomic mass is 9.97. The fourth-order valence-corrected chi connectivity index (χ4v) is 4.35. The van der Waals surface area contributed by atoms with Gasteiger partial charge in [0, 0.05) is 32.6 Å². The monoisotopic (exact) mass is 333 g/mol. The number of aryl methyl sites for hydroxylation is 2. The van der Waals surface area contributed by atoms with Crippen LogP contribution < -0.4 is 5.32 Å². The van der Waals surface area contributed by atoms with E-state index < -0.39 is 0 Å². The number of carbonyl (C=O) groups is 1. The van der Waals surface area contributed by atoms with Crippen molar-refractivity contribution in [2.24, 2.45) is 18.9 Å². The van der Waals surface area contributed by atoms with E-state index in [-0.39, 0.29) is 0 Å². The van der Waals surface area contributed by atoms with Crippen LogP contribution in [-0.4, -0.2) is 45.2 Å². The molecular weight excluding hydrogens is 310 g/mol. The van der Waals surface area contributed by atoms with Crippen molar-refractivity contribution in [1.29, 1.82) is 0 Å². The molecule has 6 nitrogen and oxygen atoms in total. The molecule has 0 spiro atoms. The quantitative estimate of drug-likeness (QED) is 0.933. The van der Waals surface area contributed by atoms with Crippen molar-refractivity contribution < 1.29 is 4.79 Å². The predicted molar refractivity (Wildman–Crippen MR) is 91.6 cm³/mol. The van der Waals surface area contributed by atoms with E-state index in [1.54, 1.807) is 11.3 Å². The predicted octanol–water partition coefficient (Wildman–Crippen LogP) is 2.40. The summed E-state index contributed by atoms with van der Waals surface area (Å²) in [6.07, 6.45) is 4.50. The molecule has 2 aromatic rings. The molecule has 1 atom stereocenters. The van der Waals surface area contributed by atoms with Crippen molar-refractivity contribution in [3.05, 3.63) is 5.69 Å². The lowest BCUT2D eigenvalue weighted by Crippen LogP contribution is -2.42. The number of hydrogen-bond donors (Lipinski definition) is 1. The minimum Gasteiger partial charge on any atom is -0.361 e. The second-order valence-electron chi connectivity index (χ2n) is 6.83. The van der Waals surface area contributed by atoms with Crippen LogP contribution in [0, 0.1) is 18.8 Å². The molecule has 1 aliphatic carbocycles. The molecule has 2 aromatic heterocycles. The molecule has 23 heavy (non-hydrogen) atoms. The van der Waals surface area contributed by atoms with E-state index in [0.29, 0.717) is 17.7 Å². The Balaban J connectivity index is 1.37. The number of hydrogen-bond acceptors (Lipinski definition) is 5. The minimum absolute atomic E-state index is 0.335. The summed E-state index contributed by atoms with van der Waals surface area (Å²) in [4.78, 5) is 18.9. The lowest BCUT2D eigenvalue weighted by molar-refractivity contribution is -0.134. The number of piperidine rings is 1. The molecule has 1 N–H and O–H groups in total. The summed E-state index contributed by atoms with van der Waals surface area (Å²) in [5.41, 5.74) is 1.98. The summed E-state index contributed by atoms with van der Waals surface area (Å²) in [7, 11) is 1.93. The fraction of sp³-hybridized carbons (Fsp3) is 0.688. The van der Waals surface area contributed by atoms with Gasteiger partial charge in [0.2, 0.25) is 5.91 Å². The zero-order valence-corrected chi connectivity index (χ0v) is 14.5. The number of fused-ring (bicyclic) bond motifs is 1. The Kier molecular flexibility index (Phi) is 3.75. The van der Waals surface area contributed by atoms with Crippen LogP contribution in [0.5, 0.6) is 0 Å². The third-order valence-electron chi connectivity index (χ3n) is 4.84. The van der Waals surface area contributed by atoms with Gasteiger partial charge in [-0.15, -0.1) is 0 Å². The van der Waals surface area contributed by atoms with Gasteiger partial charge in [0.05, 0.1) is 10.4 Å². The molecule has 0 bridgehead atoms. The number of nitrogens with zero attached hydrogens (tertiary/aromatic N) is 4. The van der Waals surface area contributed by atoms with E-state index >= 15 is 0 Å². The van der Waals surface area contributed by atoms with Gasteiger partial charge in [0.25, 0.3) is 0 Å². The topological polar surface area (TPSA) is 63.1 Å². The summed E-state index contributed by atoms with van der Waals surface area (Å²) >= 11 is 1.67. The van der Waals surface area contributed by atoms with Crippen molar-refractivity contribution >= 4 is 32.7 Å². The van der Waals surface area contributed by atoms with Crippen LogP contribution in [0.2, 0.25) is 0 Å². The van der Waals surface area contributed by atoms with Crippen molar-refractivity contribution in [2.75, 3.05) is 25.0 Å². The lowest BCUT2D eigenvalue weighted by Gasteiger charge is -2.33. The van der Waals surface area contributed by atoms with Gasteiger partial charge < -0.3 is 10.2 Å². The van der Waals surface area contributed by atoms with E-state index in [2.05, 4.69) is 20.3 Å². The van der Waals surface area contributed by atoms with Crippen LogP contribution in [0.4, 0.5) is 5.13 Å². The van der Waals surface area contributed by atoms with Crippen LogP contribution in [0.3, 0.4) is 0 Å². The van der Waals surface area contributed by atoms with E-state index in [4.69, 9.17) is 0 Å². The molecule has 1 saturated carbocycles. The Labute approximate surface area is 139 Å². The van der Waals surface area contributed by atoms with Crippen molar-refractivity contribution in [3.63, 3.8) is 0 Å². The summed E-state index contributed by atoms with van der Waals surface area (Å²) in [6, 6.07) is 0. The number of carbonyl (C=O) groups excluding carboxylic acids is 1. The molecule has 1 saturated heterocycles. The maximum Gasteiger partial charge on any atom is 0.225 e. The van der Waals surface area contributed by atoms with Crippen LogP contribution in [-0.2, 0) is 11.8 Å². The highest BCUT2D eigenvalue weighted by Crippen LogP contribution is 2.33. The summed E-state index contributed by atoms with van der Waals surface area (Å²) < 4.78 is 2.99. The fourth-order valence-electron chi connectivity index (χ4n) is 3.41. The van der Waals surface area contributed by atoms with E-state index in [9.17, 15) is 4.79 Å². The highest BCUT2D eigenvalue weighted by atomic mass is 32.1. The van der Waals surface area contributed by atoms with E-state index in [0.717, 1.165) is 60.1 Å². The highest BCUT2D eigenvalue weighted by Gasteiger charge is 2.35. The largest absolute Gasteiger partial charge is 0.361 e. The summed E-state index contributed by atoms with van der Waals surface area (Å²) in [6.45, 7) is 4.75. The zero-order valence-electron chi connectivity index (χ0n) is 13.7. The Morgan fingerprint density at radius 1 is 1.39 bits per heavy atom. The minimum atomic E-state index is 0.335. The Bertz CT molecular complexity index is 698. The first-order valence-corrected chi connectivity index (χ1v) is 9.26. The van der Waals surface area contributed by atoms with E-state index in [1.807, 2.05) is 18.7 Å². The van der Waals surface area contributed by atoms with Crippen molar-refractivity contribution in [1.82, 2.24) is 19.7 Å². The normalized spacial score (nSPS) is 21.8. The van der Waals surface area contributed by atoms with Crippen LogP contribution in [0.25, 0.3) is 10.3 Å². The van der Waals surface area contributed by atoms with Crippen molar-refractivity contribution in [2.45, 2.75) is 32.6 Å². The van der Waals surface area contributed by atoms with Crippen LogP contribution >= 0.6 is 11.3 Å². The Hall–Kier alpha value is -1.63. The maximum atomic E-state index is 12.2. The maximum absolute atomic E-state index is 12.2. The first-order valence-electron chi connectivity index (χ1n) is 8.44. The first kappa shape index (κ1) is 14.9. The molecule has 0 aromatic carbocycles. The SMILES string of the molecule is Cc1nn(C)c2nc(NC[C@@H]3CCCN(C(=O)C4CC4)C3)sc12. The second-order valence-corrected chi connectivity index (χ2v) is 7.83. The van der Waals surface area contributed by atoms with Gasteiger partial charge in [-0.1, -0.05) is 11.3 Å². The molecule has 3 heterocycles. The van der Waals surface area contributed by atoms with Gasteiger partial charge in [0.15, 0.2) is 10.8 Å². The van der Waals surface area contributed by atoms with Crippen LogP contribution in [0.1, 0.15) is 31.4 Å². The number of rotatable bonds is 4. The summed E-state index contributed by atoms with van der Waals surface area (Å²) in [5.74, 6) is 1.25. The highest BCUT2D eigenvalue weighted by molar-refractivity contribution is 7.22. The average Bonchev–Trinajstić information content (AvgIpc) is 3.25. The number of nitrogens with one attached hydrogen (secondary N) is 1. The second kappa shape index (κ2) is 5.78. The van der Waals surface area contributed by atoms with Crippen LogP contribution in [0.15, 0.2) is 0 Å². The molecule has 2 aliphatic rings. The number of likely N-dealkylation sites (tertiary alicyclic amines) is 1. The molecule has 4 rings (SSSR count). The molecule has 1 amide bonds. The first-order chi connectivity index (χ1) is 11.1. The molecular formula is C16H23N5OS. The van der Waals surface area contributed by atoms with Gasteiger partial charge in [-0.25, -0.2) is 9.67 Å². The van der Waals surface area contributed by atoms with Crippen molar-refractivity contribution in [3.8, 4) is 0 Å². The molecule has 0 radical (unpaired) electrons.